The fourth-order valence-corrected chi connectivity index (χ4v) is 3.08. The van der Waals surface area contributed by atoms with E-state index in [-0.39, 0.29) is 24.9 Å². The molecule has 31 heavy (non-hydrogen) atoms. The van der Waals surface area contributed by atoms with Gasteiger partial charge in [-0.2, -0.15) is 0 Å². The maximum Gasteiger partial charge on any atom is 0.276 e. The minimum Gasteiger partial charge on any atom is -0.483 e. The summed E-state index contributed by atoms with van der Waals surface area (Å²) in [6, 6.07) is 12.1. The second kappa shape index (κ2) is 11.0. The monoisotopic (exact) mass is 465 g/mol. The van der Waals surface area contributed by atoms with Gasteiger partial charge in [-0.1, -0.05) is 62.2 Å². The van der Waals surface area contributed by atoms with E-state index in [1.54, 1.807) is 18.2 Å². The molecule has 0 aliphatic carbocycles. The molecule has 0 fully saturated rings. The lowest BCUT2D eigenvalue weighted by Gasteiger charge is -2.22. The standard InChI is InChI=1S/C22H25Cl2N3O4/c1-22(2,3)15-6-4-5-7-18(15)31-13-21(30)27-26-20(29)11-10-19(28)25-17-9-8-14(23)12-16(17)24/h4-9,12H,10-11,13H2,1-3H3,(H,25,28)(H,26,29)(H,27,30). The highest BCUT2D eigenvalue weighted by Gasteiger charge is 2.19. The van der Waals surface area contributed by atoms with Crippen molar-refractivity contribution in [3.05, 3.63) is 58.1 Å². The van der Waals surface area contributed by atoms with Crippen LogP contribution in [0.25, 0.3) is 0 Å². The van der Waals surface area contributed by atoms with Crippen molar-refractivity contribution < 1.29 is 19.1 Å². The van der Waals surface area contributed by atoms with Crippen molar-refractivity contribution in [3.8, 4) is 5.75 Å². The van der Waals surface area contributed by atoms with Crippen molar-refractivity contribution in [2.45, 2.75) is 39.0 Å². The van der Waals surface area contributed by atoms with E-state index in [0.717, 1.165) is 5.56 Å². The lowest BCUT2D eigenvalue weighted by Crippen LogP contribution is -2.44. The van der Waals surface area contributed by atoms with Crippen LogP contribution in [0.15, 0.2) is 42.5 Å². The summed E-state index contributed by atoms with van der Waals surface area (Å²) in [6.45, 7) is 5.88. The number of amides is 3. The van der Waals surface area contributed by atoms with E-state index in [0.29, 0.717) is 21.5 Å². The van der Waals surface area contributed by atoms with Gasteiger partial charge < -0.3 is 10.1 Å². The Bertz CT molecular complexity index is 958. The quantitative estimate of drug-likeness (QED) is 0.532. The molecule has 0 aliphatic rings. The number of carbonyl (C=O) groups is 3. The van der Waals surface area contributed by atoms with E-state index >= 15 is 0 Å². The zero-order valence-electron chi connectivity index (χ0n) is 17.6. The predicted molar refractivity (Wildman–Crippen MR) is 121 cm³/mol. The van der Waals surface area contributed by atoms with Crippen LogP contribution in [-0.2, 0) is 19.8 Å². The average Bonchev–Trinajstić information content (AvgIpc) is 2.70. The molecule has 9 heteroatoms. The SMILES string of the molecule is CC(C)(C)c1ccccc1OCC(=O)NNC(=O)CCC(=O)Nc1ccc(Cl)cc1Cl. The maximum absolute atomic E-state index is 12.0. The van der Waals surface area contributed by atoms with Crippen LogP contribution in [0.1, 0.15) is 39.2 Å². The first kappa shape index (κ1) is 24.5. The second-order valence-corrected chi connectivity index (χ2v) is 8.65. The van der Waals surface area contributed by atoms with Gasteiger partial charge in [0.15, 0.2) is 6.61 Å². The van der Waals surface area contributed by atoms with Gasteiger partial charge in [0.1, 0.15) is 5.75 Å². The first-order valence-corrected chi connectivity index (χ1v) is 10.4. The van der Waals surface area contributed by atoms with Gasteiger partial charge in [-0.3, -0.25) is 25.2 Å². The predicted octanol–water partition coefficient (Wildman–Crippen LogP) is 4.24. The third-order valence-electron chi connectivity index (χ3n) is 4.18. The van der Waals surface area contributed by atoms with Crippen molar-refractivity contribution in [1.29, 1.82) is 0 Å². The molecule has 0 aromatic heterocycles. The highest BCUT2D eigenvalue weighted by Crippen LogP contribution is 2.30. The summed E-state index contributed by atoms with van der Waals surface area (Å²) < 4.78 is 5.59. The van der Waals surface area contributed by atoms with E-state index in [1.165, 1.54) is 6.07 Å². The van der Waals surface area contributed by atoms with Crippen LogP contribution >= 0.6 is 23.2 Å². The van der Waals surface area contributed by atoms with Gasteiger partial charge >= 0.3 is 0 Å². The molecule has 0 saturated carbocycles. The lowest BCUT2D eigenvalue weighted by molar-refractivity contribution is -0.130. The minimum atomic E-state index is -0.519. The zero-order valence-corrected chi connectivity index (χ0v) is 19.1. The molecule has 0 saturated heterocycles. The van der Waals surface area contributed by atoms with Crippen LogP contribution in [-0.4, -0.2) is 24.3 Å². The van der Waals surface area contributed by atoms with Gasteiger partial charge in [0, 0.05) is 17.9 Å². The molecule has 2 aromatic rings. The number of hydrazine groups is 1. The topological polar surface area (TPSA) is 96.5 Å². The molecule has 166 valence electrons. The Balaban J connectivity index is 1.73. The molecule has 0 atom stereocenters. The van der Waals surface area contributed by atoms with E-state index in [4.69, 9.17) is 27.9 Å². The second-order valence-electron chi connectivity index (χ2n) is 7.80. The first-order valence-electron chi connectivity index (χ1n) is 9.61. The molecule has 0 bridgehead atoms. The number of anilines is 1. The number of benzene rings is 2. The molecule has 3 N–H and O–H groups in total. The molecular formula is C22H25Cl2N3O4. The van der Waals surface area contributed by atoms with E-state index in [1.807, 2.05) is 39.0 Å². The fraction of sp³-hybridized carbons (Fsp3) is 0.318. The smallest absolute Gasteiger partial charge is 0.276 e. The largest absolute Gasteiger partial charge is 0.483 e. The molecule has 2 rings (SSSR count). The van der Waals surface area contributed by atoms with Crippen molar-refractivity contribution in [2.75, 3.05) is 11.9 Å². The molecule has 0 unspecified atom stereocenters. The summed E-state index contributed by atoms with van der Waals surface area (Å²) in [4.78, 5) is 35.8. The van der Waals surface area contributed by atoms with Crippen molar-refractivity contribution >= 4 is 46.6 Å². The third-order valence-corrected chi connectivity index (χ3v) is 4.73. The van der Waals surface area contributed by atoms with Crippen molar-refractivity contribution in [3.63, 3.8) is 0 Å². The molecule has 7 nitrogen and oxygen atoms in total. The van der Waals surface area contributed by atoms with Crippen molar-refractivity contribution in [1.82, 2.24) is 10.9 Å². The van der Waals surface area contributed by atoms with Crippen LogP contribution in [0.2, 0.25) is 10.0 Å². The van der Waals surface area contributed by atoms with E-state index in [9.17, 15) is 14.4 Å². The van der Waals surface area contributed by atoms with Gasteiger partial charge in [0.25, 0.3) is 5.91 Å². The van der Waals surface area contributed by atoms with Crippen LogP contribution in [0.4, 0.5) is 5.69 Å². The Morgan fingerprint density at radius 3 is 2.23 bits per heavy atom. The van der Waals surface area contributed by atoms with Gasteiger partial charge in [0.05, 0.1) is 10.7 Å². The average molecular weight is 466 g/mol. The summed E-state index contributed by atoms with van der Waals surface area (Å²) in [5, 5.41) is 3.34. The van der Waals surface area contributed by atoms with Crippen LogP contribution in [0.5, 0.6) is 5.75 Å². The Hall–Kier alpha value is -2.77. The number of carbonyl (C=O) groups excluding carboxylic acids is 3. The molecule has 2 aromatic carbocycles. The molecule has 0 heterocycles. The van der Waals surface area contributed by atoms with Crippen molar-refractivity contribution in [2.24, 2.45) is 0 Å². The Labute approximate surface area is 191 Å². The summed E-state index contributed by atoms with van der Waals surface area (Å²) in [5.41, 5.74) is 5.76. The molecule has 3 amide bonds. The van der Waals surface area contributed by atoms with Gasteiger partial charge in [-0.05, 0) is 35.2 Å². The Kier molecular flexibility index (Phi) is 8.71. The number of rotatable bonds is 7. The summed E-state index contributed by atoms with van der Waals surface area (Å²) >= 11 is 11.8. The van der Waals surface area contributed by atoms with E-state index in [2.05, 4.69) is 16.2 Å². The normalized spacial score (nSPS) is 10.9. The number of ether oxygens (including phenoxy) is 1. The fourth-order valence-electron chi connectivity index (χ4n) is 2.62. The molecule has 0 radical (unpaired) electrons. The number of para-hydroxylation sites is 1. The van der Waals surface area contributed by atoms with Crippen LogP contribution in [0, 0.1) is 0 Å². The summed E-state index contributed by atoms with van der Waals surface area (Å²) in [6.07, 6.45) is -0.207. The van der Waals surface area contributed by atoms with Crippen LogP contribution in [0.3, 0.4) is 0 Å². The van der Waals surface area contributed by atoms with Gasteiger partial charge in [0.2, 0.25) is 11.8 Å². The lowest BCUT2D eigenvalue weighted by atomic mass is 9.86. The zero-order chi connectivity index (χ0) is 23.0. The van der Waals surface area contributed by atoms with Gasteiger partial charge in [-0.15, -0.1) is 0 Å². The van der Waals surface area contributed by atoms with Crippen LogP contribution < -0.4 is 20.9 Å². The molecule has 0 aliphatic heterocycles. The first-order chi connectivity index (χ1) is 14.6. The Morgan fingerprint density at radius 2 is 1.55 bits per heavy atom. The minimum absolute atomic E-state index is 0.0872. The highest BCUT2D eigenvalue weighted by molar-refractivity contribution is 6.36. The van der Waals surface area contributed by atoms with Gasteiger partial charge in [-0.25, -0.2) is 0 Å². The number of hydrogen-bond acceptors (Lipinski definition) is 4. The van der Waals surface area contributed by atoms with E-state index < -0.39 is 17.7 Å². The maximum atomic E-state index is 12.0. The summed E-state index contributed by atoms with van der Waals surface area (Å²) in [5.74, 6) is -0.822. The number of nitrogens with one attached hydrogen (secondary N) is 3. The third kappa shape index (κ3) is 8.11. The Morgan fingerprint density at radius 1 is 0.903 bits per heavy atom. The molecular weight excluding hydrogens is 441 g/mol. The highest BCUT2D eigenvalue weighted by atomic mass is 35.5. The number of hydrogen-bond donors (Lipinski definition) is 3. The number of halogens is 2. The molecule has 0 spiro atoms. The summed E-state index contributed by atoms with van der Waals surface area (Å²) in [7, 11) is 0.